The molecule has 0 saturated heterocycles. The predicted octanol–water partition coefficient (Wildman–Crippen LogP) is 3.54. The maximum absolute atomic E-state index is 6.15. The highest BCUT2D eigenvalue weighted by Crippen LogP contribution is 2.32. The Hall–Kier alpha value is -3.28. The zero-order valence-electron chi connectivity index (χ0n) is 11.6. The third-order valence-electron chi connectivity index (χ3n) is 3.41. The SMILES string of the molecule is Nc1c(-c2nnc(Nc3ccccc3)o2)[nH]c2ccccc12. The average Bonchev–Trinajstić information content (AvgIpc) is 3.14. The maximum atomic E-state index is 6.15. The Bertz CT molecular complexity index is 926. The van der Waals surface area contributed by atoms with Crippen LogP contribution in [0.4, 0.5) is 17.4 Å². The van der Waals surface area contributed by atoms with Crippen LogP contribution in [0.1, 0.15) is 0 Å². The van der Waals surface area contributed by atoms with Crippen LogP contribution < -0.4 is 11.1 Å². The lowest BCUT2D eigenvalue weighted by molar-refractivity contribution is 0.586. The van der Waals surface area contributed by atoms with Crippen molar-refractivity contribution in [3.8, 4) is 11.6 Å². The molecule has 108 valence electrons. The summed E-state index contributed by atoms with van der Waals surface area (Å²) in [5.74, 6) is 0.354. The fraction of sp³-hybridized carbons (Fsp3) is 0. The van der Waals surface area contributed by atoms with Crippen LogP contribution in [0.25, 0.3) is 22.5 Å². The number of aromatic nitrogens is 3. The van der Waals surface area contributed by atoms with Crippen molar-refractivity contribution in [3.05, 3.63) is 54.6 Å². The Balaban J connectivity index is 1.69. The van der Waals surface area contributed by atoms with Crippen LogP contribution in [-0.4, -0.2) is 15.2 Å². The van der Waals surface area contributed by atoms with Crippen LogP contribution in [0.15, 0.2) is 59.0 Å². The molecule has 0 atom stereocenters. The van der Waals surface area contributed by atoms with Crippen molar-refractivity contribution in [2.24, 2.45) is 0 Å². The van der Waals surface area contributed by atoms with E-state index in [9.17, 15) is 0 Å². The number of hydrogen-bond donors (Lipinski definition) is 3. The summed E-state index contributed by atoms with van der Waals surface area (Å²) in [4.78, 5) is 3.21. The predicted molar refractivity (Wildman–Crippen MR) is 85.7 cm³/mol. The highest BCUT2D eigenvalue weighted by molar-refractivity contribution is 5.98. The highest BCUT2D eigenvalue weighted by atomic mass is 16.4. The number of nitrogen functional groups attached to an aromatic ring is 1. The third kappa shape index (κ3) is 2.07. The largest absolute Gasteiger partial charge is 0.401 e. The molecular formula is C16H13N5O. The van der Waals surface area contributed by atoms with Crippen molar-refractivity contribution in [3.63, 3.8) is 0 Å². The van der Waals surface area contributed by atoms with E-state index in [1.807, 2.05) is 54.6 Å². The summed E-state index contributed by atoms with van der Waals surface area (Å²) >= 11 is 0. The number of rotatable bonds is 3. The number of H-pyrrole nitrogens is 1. The fourth-order valence-electron chi connectivity index (χ4n) is 2.35. The van der Waals surface area contributed by atoms with Gasteiger partial charge in [0.15, 0.2) is 0 Å². The second-order valence-corrected chi connectivity index (χ2v) is 4.86. The number of para-hydroxylation sites is 2. The number of hydrogen-bond acceptors (Lipinski definition) is 5. The molecular weight excluding hydrogens is 278 g/mol. The molecule has 0 aliphatic rings. The molecule has 4 aromatic rings. The van der Waals surface area contributed by atoms with E-state index in [0.717, 1.165) is 16.6 Å². The monoisotopic (exact) mass is 291 g/mol. The van der Waals surface area contributed by atoms with Crippen molar-refractivity contribution in [2.75, 3.05) is 11.1 Å². The quantitative estimate of drug-likeness (QED) is 0.537. The number of benzene rings is 2. The standard InChI is InChI=1S/C16H13N5O/c17-13-11-8-4-5-9-12(11)19-14(13)15-20-21-16(22-15)18-10-6-2-1-3-7-10/h1-9,19H,17H2,(H,18,21). The summed E-state index contributed by atoms with van der Waals surface area (Å²) < 4.78 is 5.64. The first-order valence-corrected chi connectivity index (χ1v) is 6.83. The first kappa shape index (κ1) is 12.5. The normalized spacial score (nSPS) is 10.9. The topological polar surface area (TPSA) is 92.8 Å². The minimum absolute atomic E-state index is 0.319. The minimum atomic E-state index is 0.319. The zero-order chi connectivity index (χ0) is 14.9. The van der Waals surface area contributed by atoms with Gasteiger partial charge in [-0.25, -0.2) is 0 Å². The molecule has 2 heterocycles. The van der Waals surface area contributed by atoms with Crippen LogP contribution in [0.5, 0.6) is 0 Å². The second kappa shape index (κ2) is 4.92. The first-order chi connectivity index (χ1) is 10.8. The molecule has 0 aliphatic heterocycles. The molecule has 0 radical (unpaired) electrons. The van der Waals surface area contributed by atoms with Gasteiger partial charge in [0.05, 0.1) is 5.69 Å². The molecule has 0 amide bonds. The first-order valence-electron chi connectivity index (χ1n) is 6.83. The molecule has 0 bridgehead atoms. The van der Waals surface area contributed by atoms with Crippen LogP contribution in [0, 0.1) is 0 Å². The van der Waals surface area contributed by atoms with E-state index >= 15 is 0 Å². The van der Waals surface area contributed by atoms with Gasteiger partial charge in [-0.3, -0.25) is 0 Å². The molecule has 0 saturated carbocycles. The molecule has 0 spiro atoms. The minimum Gasteiger partial charge on any atom is -0.401 e. The molecule has 6 nitrogen and oxygen atoms in total. The van der Waals surface area contributed by atoms with Gasteiger partial charge >= 0.3 is 6.01 Å². The Labute approximate surface area is 126 Å². The van der Waals surface area contributed by atoms with Gasteiger partial charge in [0.2, 0.25) is 0 Å². The Morgan fingerprint density at radius 2 is 1.73 bits per heavy atom. The van der Waals surface area contributed by atoms with Gasteiger partial charge < -0.3 is 20.5 Å². The molecule has 0 unspecified atom stereocenters. The van der Waals surface area contributed by atoms with E-state index in [1.165, 1.54) is 0 Å². The summed E-state index contributed by atoms with van der Waals surface area (Å²) in [7, 11) is 0. The number of aromatic amines is 1. The number of nitrogens with zero attached hydrogens (tertiary/aromatic N) is 2. The Kier molecular flexibility index (Phi) is 2.79. The summed E-state index contributed by atoms with van der Waals surface area (Å²) in [6.07, 6.45) is 0. The lowest BCUT2D eigenvalue weighted by atomic mass is 10.2. The van der Waals surface area contributed by atoms with Crippen molar-refractivity contribution in [2.45, 2.75) is 0 Å². The number of nitrogens with two attached hydrogens (primary N) is 1. The average molecular weight is 291 g/mol. The molecule has 4 rings (SSSR count). The van der Waals surface area contributed by atoms with Gasteiger partial charge in [0.25, 0.3) is 5.89 Å². The fourth-order valence-corrected chi connectivity index (χ4v) is 2.35. The van der Waals surface area contributed by atoms with Crippen LogP contribution in [-0.2, 0) is 0 Å². The molecule has 6 heteroatoms. The molecule has 2 aromatic carbocycles. The summed E-state index contributed by atoms with van der Waals surface area (Å²) in [6, 6.07) is 17.7. The van der Waals surface area contributed by atoms with Crippen LogP contribution in [0.2, 0.25) is 0 Å². The number of anilines is 3. The smallest absolute Gasteiger partial charge is 0.320 e. The Morgan fingerprint density at radius 1 is 0.955 bits per heavy atom. The summed E-state index contributed by atoms with van der Waals surface area (Å²) in [5.41, 5.74) is 9.20. The van der Waals surface area contributed by atoms with E-state index in [-0.39, 0.29) is 0 Å². The zero-order valence-corrected chi connectivity index (χ0v) is 11.6. The van der Waals surface area contributed by atoms with Gasteiger partial charge in [-0.05, 0) is 18.2 Å². The van der Waals surface area contributed by atoms with Gasteiger partial charge in [-0.1, -0.05) is 41.5 Å². The van der Waals surface area contributed by atoms with E-state index in [0.29, 0.717) is 23.3 Å². The van der Waals surface area contributed by atoms with Crippen molar-refractivity contribution >= 4 is 28.3 Å². The molecule has 4 N–H and O–H groups in total. The second-order valence-electron chi connectivity index (χ2n) is 4.86. The van der Waals surface area contributed by atoms with E-state index in [4.69, 9.17) is 10.2 Å². The molecule has 0 fully saturated rings. The molecule has 2 aromatic heterocycles. The highest BCUT2D eigenvalue weighted by Gasteiger charge is 2.16. The number of nitrogens with one attached hydrogen (secondary N) is 2. The number of fused-ring (bicyclic) bond motifs is 1. The lowest BCUT2D eigenvalue weighted by Gasteiger charge is -1.98. The van der Waals surface area contributed by atoms with Crippen LogP contribution in [0.3, 0.4) is 0 Å². The Morgan fingerprint density at radius 3 is 2.55 bits per heavy atom. The van der Waals surface area contributed by atoms with E-state index in [1.54, 1.807) is 0 Å². The molecule has 0 aliphatic carbocycles. The van der Waals surface area contributed by atoms with Gasteiger partial charge in [0.1, 0.15) is 5.69 Å². The summed E-state index contributed by atoms with van der Waals surface area (Å²) in [5, 5.41) is 12.0. The van der Waals surface area contributed by atoms with Crippen molar-refractivity contribution in [1.82, 2.24) is 15.2 Å². The van der Waals surface area contributed by atoms with Gasteiger partial charge in [-0.15, -0.1) is 5.10 Å². The van der Waals surface area contributed by atoms with Crippen molar-refractivity contribution in [1.29, 1.82) is 0 Å². The van der Waals surface area contributed by atoms with E-state index in [2.05, 4.69) is 20.5 Å². The van der Waals surface area contributed by atoms with Gasteiger partial charge in [-0.2, -0.15) is 0 Å². The van der Waals surface area contributed by atoms with Crippen LogP contribution >= 0.6 is 0 Å². The molecule has 22 heavy (non-hydrogen) atoms. The maximum Gasteiger partial charge on any atom is 0.320 e. The third-order valence-corrected chi connectivity index (χ3v) is 3.41. The van der Waals surface area contributed by atoms with Crippen molar-refractivity contribution < 1.29 is 4.42 Å². The lowest BCUT2D eigenvalue weighted by Crippen LogP contribution is -1.88. The van der Waals surface area contributed by atoms with Gasteiger partial charge in [0, 0.05) is 16.6 Å². The van der Waals surface area contributed by atoms with E-state index < -0.39 is 0 Å². The summed E-state index contributed by atoms with van der Waals surface area (Å²) in [6.45, 7) is 0.